The third-order valence-electron chi connectivity index (χ3n) is 3.78. The number of carbonyl (C=O) groups excluding carboxylic acids is 2. The number of aliphatic carboxylic acids is 1. The van der Waals surface area contributed by atoms with E-state index in [1.54, 1.807) is 30.4 Å². The predicted octanol–water partition coefficient (Wildman–Crippen LogP) is 1.62. The van der Waals surface area contributed by atoms with Crippen molar-refractivity contribution in [1.29, 1.82) is 0 Å². The summed E-state index contributed by atoms with van der Waals surface area (Å²) in [6, 6.07) is 4.67. The van der Waals surface area contributed by atoms with E-state index < -0.39 is 17.9 Å². The van der Waals surface area contributed by atoms with E-state index >= 15 is 0 Å². The molecule has 2 amide bonds. The van der Waals surface area contributed by atoms with Gasteiger partial charge >= 0.3 is 5.97 Å². The molecular formula is C15H13NO4. The van der Waals surface area contributed by atoms with Crippen LogP contribution in [0.5, 0.6) is 0 Å². The Bertz CT molecular complexity index is 662. The SMILES string of the molecule is Cc1ccc2c(c1)C(=O)N(C1C=CC(C(=O)O)C1)C2=O. The Hall–Kier alpha value is -2.43. The molecular weight excluding hydrogens is 258 g/mol. The van der Waals surface area contributed by atoms with Crippen molar-refractivity contribution in [2.24, 2.45) is 5.92 Å². The van der Waals surface area contributed by atoms with Gasteiger partial charge in [0.05, 0.1) is 23.1 Å². The van der Waals surface area contributed by atoms with Gasteiger partial charge in [-0.15, -0.1) is 0 Å². The molecule has 2 atom stereocenters. The largest absolute Gasteiger partial charge is 0.481 e. The summed E-state index contributed by atoms with van der Waals surface area (Å²) >= 11 is 0. The van der Waals surface area contributed by atoms with Crippen LogP contribution in [0.1, 0.15) is 32.7 Å². The summed E-state index contributed by atoms with van der Waals surface area (Å²) < 4.78 is 0. The summed E-state index contributed by atoms with van der Waals surface area (Å²) in [6.07, 6.45) is 3.43. The van der Waals surface area contributed by atoms with Crippen molar-refractivity contribution in [1.82, 2.24) is 4.90 Å². The van der Waals surface area contributed by atoms with Gasteiger partial charge in [-0.3, -0.25) is 19.3 Å². The van der Waals surface area contributed by atoms with Crippen LogP contribution in [0.25, 0.3) is 0 Å². The number of carboxylic acids is 1. The highest BCUT2D eigenvalue weighted by Crippen LogP contribution is 2.31. The number of carboxylic acid groups (broad SMARTS) is 1. The quantitative estimate of drug-likeness (QED) is 0.655. The van der Waals surface area contributed by atoms with Gasteiger partial charge in [-0.25, -0.2) is 0 Å². The Balaban J connectivity index is 1.91. The maximum absolute atomic E-state index is 12.3. The van der Waals surface area contributed by atoms with E-state index in [1.165, 1.54) is 4.90 Å². The number of benzene rings is 1. The van der Waals surface area contributed by atoms with E-state index in [0.717, 1.165) is 5.56 Å². The predicted molar refractivity (Wildman–Crippen MR) is 70.3 cm³/mol. The molecule has 0 aromatic heterocycles. The molecule has 1 aliphatic carbocycles. The van der Waals surface area contributed by atoms with Gasteiger partial charge in [0.1, 0.15) is 0 Å². The van der Waals surface area contributed by atoms with E-state index in [2.05, 4.69) is 0 Å². The zero-order valence-electron chi connectivity index (χ0n) is 10.9. The zero-order valence-corrected chi connectivity index (χ0v) is 10.9. The molecule has 1 aromatic rings. The minimum Gasteiger partial charge on any atom is -0.481 e. The molecule has 102 valence electrons. The molecule has 1 N–H and O–H groups in total. The second kappa shape index (κ2) is 4.30. The first-order valence-corrected chi connectivity index (χ1v) is 6.38. The summed E-state index contributed by atoms with van der Waals surface area (Å²) in [4.78, 5) is 36.8. The molecule has 2 aliphatic rings. The number of amides is 2. The molecule has 0 saturated heterocycles. The van der Waals surface area contributed by atoms with Crippen molar-refractivity contribution in [3.05, 3.63) is 47.0 Å². The minimum atomic E-state index is -0.934. The third-order valence-corrected chi connectivity index (χ3v) is 3.78. The van der Waals surface area contributed by atoms with Crippen LogP contribution in [-0.4, -0.2) is 33.8 Å². The molecule has 0 fully saturated rings. The lowest BCUT2D eigenvalue weighted by molar-refractivity contribution is -0.140. The maximum atomic E-state index is 12.3. The monoisotopic (exact) mass is 271 g/mol. The average Bonchev–Trinajstić information content (AvgIpc) is 2.95. The molecule has 0 saturated carbocycles. The normalized spacial score (nSPS) is 24.4. The molecule has 1 heterocycles. The maximum Gasteiger partial charge on any atom is 0.310 e. The lowest BCUT2D eigenvalue weighted by Crippen LogP contribution is -2.38. The van der Waals surface area contributed by atoms with Crippen LogP contribution in [-0.2, 0) is 4.79 Å². The molecule has 3 rings (SSSR count). The molecule has 0 spiro atoms. The molecule has 20 heavy (non-hydrogen) atoms. The number of nitrogens with zero attached hydrogens (tertiary/aromatic N) is 1. The third kappa shape index (κ3) is 1.74. The molecule has 1 aliphatic heterocycles. The topological polar surface area (TPSA) is 74.7 Å². The van der Waals surface area contributed by atoms with E-state index in [0.29, 0.717) is 11.1 Å². The first-order chi connectivity index (χ1) is 9.49. The van der Waals surface area contributed by atoms with Gasteiger partial charge in [0.25, 0.3) is 11.8 Å². The molecule has 0 bridgehead atoms. The highest BCUT2D eigenvalue weighted by atomic mass is 16.4. The highest BCUT2D eigenvalue weighted by molar-refractivity contribution is 6.21. The van der Waals surface area contributed by atoms with Gasteiger partial charge in [-0.1, -0.05) is 23.8 Å². The van der Waals surface area contributed by atoms with Gasteiger partial charge < -0.3 is 5.11 Å². The number of fused-ring (bicyclic) bond motifs is 1. The van der Waals surface area contributed by atoms with Crippen LogP contribution in [0.15, 0.2) is 30.4 Å². The standard InChI is InChI=1S/C15H13NO4/c1-8-2-5-11-12(6-8)14(18)16(13(11)17)10-4-3-9(7-10)15(19)20/h2-6,9-10H,7H2,1H3,(H,19,20). The van der Waals surface area contributed by atoms with Gasteiger partial charge in [0.2, 0.25) is 0 Å². The van der Waals surface area contributed by atoms with E-state index in [-0.39, 0.29) is 18.2 Å². The number of aryl methyl sites for hydroxylation is 1. The van der Waals surface area contributed by atoms with Crippen LogP contribution >= 0.6 is 0 Å². The van der Waals surface area contributed by atoms with Crippen LogP contribution in [0, 0.1) is 12.8 Å². The van der Waals surface area contributed by atoms with Crippen molar-refractivity contribution in [3.63, 3.8) is 0 Å². The summed E-state index contributed by atoms with van der Waals surface area (Å²) in [7, 11) is 0. The van der Waals surface area contributed by atoms with Crippen molar-refractivity contribution < 1.29 is 19.5 Å². The summed E-state index contributed by atoms with van der Waals surface area (Å²) in [5.41, 5.74) is 1.71. The van der Waals surface area contributed by atoms with Gasteiger partial charge in [-0.2, -0.15) is 0 Å². The van der Waals surface area contributed by atoms with Gasteiger partial charge in [-0.05, 0) is 25.5 Å². The van der Waals surface area contributed by atoms with Crippen molar-refractivity contribution in [2.45, 2.75) is 19.4 Å². The Morgan fingerprint density at radius 2 is 1.90 bits per heavy atom. The van der Waals surface area contributed by atoms with Crippen LogP contribution in [0.3, 0.4) is 0 Å². The zero-order chi connectivity index (χ0) is 14.4. The second-order valence-corrected chi connectivity index (χ2v) is 5.16. The number of carbonyl (C=O) groups is 3. The Kier molecular flexibility index (Phi) is 2.71. The van der Waals surface area contributed by atoms with E-state index in [1.807, 2.05) is 6.92 Å². The number of imide groups is 1. The lowest BCUT2D eigenvalue weighted by atomic mass is 10.1. The molecule has 5 nitrogen and oxygen atoms in total. The number of rotatable bonds is 2. The number of hydrogen-bond acceptors (Lipinski definition) is 3. The van der Waals surface area contributed by atoms with Gasteiger partial charge in [0, 0.05) is 0 Å². The molecule has 1 aromatic carbocycles. The highest BCUT2D eigenvalue weighted by Gasteiger charge is 2.41. The van der Waals surface area contributed by atoms with Crippen LogP contribution in [0.2, 0.25) is 0 Å². The summed E-state index contributed by atoms with van der Waals surface area (Å²) in [5, 5.41) is 8.98. The first-order valence-electron chi connectivity index (χ1n) is 6.38. The molecule has 5 heteroatoms. The van der Waals surface area contributed by atoms with E-state index in [9.17, 15) is 14.4 Å². The first kappa shape index (κ1) is 12.6. The minimum absolute atomic E-state index is 0.250. The van der Waals surface area contributed by atoms with Crippen LogP contribution < -0.4 is 0 Å². The fourth-order valence-electron chi connectivity index (χ4n) is 2.73. The Morgan fingerprint density at radius 3 is 2.55 bits per heavy atom. The smallest absolute Gasteiger partial charge is 0.310 e. The Morgan fingerprint density at radius 1 is 1.20 bits per heavy atom. The summed E-state index contributed by atoms with van der Waals surface area (Å²) in [6.45, 7) is 1.86. The van der Waals surface area contributed by atoms with Crippen molar-refractivity contribution in [2.75, 3.05) is 0 Å². The van der Waals surface area contributed by atoms with Crippen molar-refractivity contribution >= 4 is 17.8 Å². The second-order valence-electron chi connectivity index (χ2n) is 5.16. The number of hydrogen-bond donors (Lipinski definition) is 1. The average molecular weight is 271 g/mol. The van der Waals surface area contributed by atoms with Crippen molar-refractivity contribution in [3.8, 4) is 0 Å². The lowest BCUT2D eigenvalue weighted by Gasteiger charge is -2.20. The fraction of sp³-hybridized carbons (Fsp3) is 0.267. The molecule has 2 unspecified atom stereocenters. The Labute approximate surface area is 115 Å². The van der Waals surface area contributed by atoms with E-state index in [4.69, 9.17) is 5.11 Å². The molecule has 0 radical (unpaired) electrons. The summed E-state index contributed by atoms with van der Waals surface area (Å²) in [5.74, 6) is -2.25. The van der Waals surface area contributed by atoms with Gasteiger partial charge in [0.15, 0.2) is 0 Å². The fourth-order valence-corrected chi connectivity index (χ4v) is 2.73. The van der Waals surface area contributed by atoms with Crippen LogP contribution in [0.4, 0.5) is 0 Å².